The van der Waals surface area contributed by atoms with Crippen molar-refractivity contribution < 1.29 is 28.8 Å². The average molecular weight is 289 g/mol. The number of carbonyl (C=O) groups is 1. The van der Waals surface area contributed by atoms with Gasteiger partial charge in [-0.15, -0.1) is 0 Å². The van der Waals surface area contributed by atoms with Gasteiger partial charge in [-0.1, -0.05) is 6.92 Å². The summed E-state index contributed by atoms with van der Waals surface area (Å²) in [4.78, 5) is 39.3. The number of ether oxygens (including phenoxy) is 1. The van der Waals surface area contributed by atoms with Crippen molar-refractivity contribution >= 4 is 19.3 Å². The van der Waals surface area contributed by atoms with Gasteiger partial charge in [0.05, 0.1) is 10.5 Å². The van der Waals surface area contributed by atoms with E-state index in [2.05, 4.69) is 4.74 Å². The lowest BCUT2D eigenvalue weighted by atomic mass is 10.2. The van der Waals surface area contributed by atoms with Gasteiger partial charge in [-0.25, -0.2) is 4.79 Å². The van der Waals surface area contributed by atoms with E-state index in [1.807, 2.05) is 0 Å². The summed E-state index contributed by atoms with van der Waals surface area (Å²) >= 11 is 0. The maximum atomic E-state index is 11.6. The van der Waals surface area contributed by atoms with Crippen molar-refractivity contribution in [2.45, 2.75) is 19.2 Å². The van der Waals surface area contributed by atoms with Gasteiger partial charge in [0.1, 0.15) is 0 Å². The number of non-ortho nitro benzene ring substituents is 1. The zero-order chi connectivity index (χ0) is 14.6. The Labute approximate surface area is 108 Å². The third-order valence-electron chi connectivity index (χ3n) is 2.28. The van der Waals surface area contributed by atoms with Crippen molar-refractivity contribution in [3.63, 3.8) is 0 Å². The molecule has 8 nitrogen and oxygen atoms in total. The number of hydrogen-bond acceptors (Lipinski definition) is 5. The van der Waals surface area contributed by atoms with E-state index in [9.17, 15) is 19.5 Å². The lowest BCUT2D eigenvalue weighted by Crippen LogP contribution is -2.17. The van der Waals surface area contributed by atoms with E-state index in [4.69, 9.17) is 9.79 Å². The van der Waals surface area contributed by atoms with Crippen LogP contribution in [0.3, 0.4) is 0 Å². The first kappa shape index (κ1) is 15.3. The van der Waals surface area contributed by atoms with Gasteiger partial charge in [0, 0.05) is 12.1 Å². The molecule has 0 saturated carbocycles. The first-order valence-electron chi connectivity index (χ1n) is 5.26. The van der Waals surface area contributed by atoms with E-state index >= 15 is 0 Å². The van der Waals surface area contributed by atoms with E-state index in [1.54, 1.807) is 0 Å². The van der Waals surface area contributed by atoms with Crippen LogP contribution in [0.2, 0.25) is 0 Å². The predicted molar refractivity (Wildman–Crippen MR) is 64.6 cm³/mol. The SMILES string of the molecule is CCC(OC(=O)c1ccc([N+](=O)[O-])cc1)P(=O)(O)O. The minimum atomic E-state index is -4.53. The zero-order valence-corrected chi connectivity index (χ0v) is 10.8. The molecule has 1 unspecified atom stereocenters. The molecule has 0 heterocycles. The van der Waals surface area contributed by atoms with Gasteiger partial charge in [-0.05, 0) is 18.6 Å². The van der Waals surface area contributed by atoms with Crippen LogP contribution >= 0.6 is 7.60 Å². The van der Waals surface area contributed by atoms with E-state index in [-0.39, 0.29) is 17.7 Å². The highest BCUT2D eigenvalue weighted by molar-refractivity contribution is 7.52. The average Bonchev–Trinajstić information content (AvgIpc) is 2.34. The van der Waals surface area contributed by atoms with Crippen LogP contribution in [0.1, 0.15) is 23.7 Å². The minimum Gasteiger partial charge on any atom is -0.446 e. The van der Waals surface area contributed by atoms with Crippen LogP contribution < -0.4 is 0 Å². The molecule has 0 saturated heterocycles. The molecule has 104 valence electrons. The van der Waals surface area contributed by atoms with Crippen molar-refractivity contribution in [2.75, 3.05) is 0 Å². The van der Waals surface area contributed by atoms with Crippen LogP contribution in [-0.4, -0.2) is 26.5 Å². The molecule has 1 rings (SSSR count). The molecule has 0 aliphatic heterocycles. The van der Waals surface area contributed by atoms with E-state index in [0.717, 1.165) is 24.3 Å². The lowest BCUT2D eigenvalue weighted by Gasteiger charge is -2.17. The Morgan fingerprint density at radius 2 is 1.95 bits per heavy atom. The molecular weight excluding hydrogens is 277 g/mol. The molecule has 0 spiro atoms. The first-order valence-corrected chi connectivity index (χ1v) is 6.94. The summed E-state index contributed by atoms with van der Waals surface area (Å²) in [6, 6.07) is 4.53. The standard InChI is InChI=1S/C10H12NO7P/c1-2-9(19(15,16)17)18-10(12)7-3-5-8(6-4-7)11(13)14/h3-6,9H,2H2,1H3,(H2,15,16,17). The fraction of sp³-hybridized carbons (Fsp3) is 0.300. The highest BCUT2D eigenvalue weighted by Crippen LogP contribution is 2.43. The Morgan fingerprint density at radius 3 is 2.32 bits per heavy atom. The molecule has 0 aromatic heterocycles. The molecular formula is C10H12NO7P. The number of nitrogens with zero attached hydrogens (tertiary/aromatic N) is 1. The van der Waals surface area contributed by atoms with Gasteiger partial charge in [-0.3, -0.25) is 14.7 Å². The van der Waals surface area contributed by atoms with Crippen molar-refractivity contribution in [1.29, 1.82) is 0 Å². The summed E-state index contributed by atoms with van der Waals surface area (Å²) in [5, 5.41) is 10.4. The summed E-state index contributed by atoms with van der Waals surface area (Å²) in [5.74, 6) is -2.46. The predicted octanol–water partition coefficient (Wildman–Crippen LogP) is 1.67. The summed E-state index contributed by atoms with van der Waals surface area (Å²) in [6.45, 7) is 1.47. The van der Waals surface area contributed by atoms with Gasteiger partial charge in [0.25, 0.3) is 5.69 Å². The van der Waals surface area contributed by atoms with Crippen LogP contribution in [0.15, 0.2) is 24.3 Å². The summed E-state index contributed by atoms with van der Waals surface area (Å²) in [5.41, 5.74) is -0.212. The topological polar surface area (TPSA) is 127 Å². The number of nitro groups is 1. The van der Waals surface area contributed by atoms with Gasteiger partial charge >= 0.3 is 13.6 Å². The molecule has 0 amide bonds. The molecule has 0 radical (unpaired) electrons. The molecule has 1 aromatic rings. The van der Waals surface area contributed by atoms with Crippen LogP contribution in [0.25, 0.3) is 0 Å². The molecule has 1 atom stereocenters. The van der Waals surface area contributed by atoms with E-state index in [0.29, 0.717) is 0 Å². The Balaban J connectivity index is 2.83. The smallest absolute Gasteiger partial charge is 0.365 e. The number of hydrogen-bond donors (Lipinski definition) is 2. The highest BCUT2D eigenvalue weighted by atomic mass is 31.2. The Morgan fingerprint density at radius 1 is 1.42 bits per heavy atom. The summed E-state index contributed by atoms with van der Waals surface area (Å²) in [6.07, 6.45) is -0.0387. The Kier molecular flexibility index (Phi) is 4.77. The third-order valence-corrected chi connectivity index (χ3v) is 3.50. The largest absolute Gasteiger partial charge is 0.446 e. The van der Waals surface area contributed by atoms with Crippen molar-refractivity contribution in [2.24, 2.45) is 0 Å². The molecule has 0 fully saturated rings. The Bertz CT molecular complexity index is 521. The first-order chi connectivity index (χ1) is 8.75. The van der Waals surface area contributed by atoms with Crippen LogP contribution in [-0.2, 0) is 9.30 Å². The number of rotatable bonds is 5. The molecule has 0 aliphatic carbocycles. The minimum absolute atomic E-state index is 0.0162. The fourth-order valence-electron chi connectivity index (χ4n) is 1.30. The van der Waals surface area contributed by atoms with Gasteiger partial charge in [-0.2, -0.15) is 0 Å². The normalized spacial score (nSPS) is 12.8. The van der Waals surface area contributed by atoms with Crippen LogP contribution in [0, 0.1) is 10.1 Å². The van der Waals surface area contributed by atoms with Crippen LogP contribution in [0.5, 0.6) is 0 Å². The van der Waals surface area contributed by atoms with Crippen molar-refractivity contribution in [3.05, 3.63) is 39.9 Å². The number of nitro benzene ring substituents is 1. The zero-order valence-electron chi connectivity index (χ0n) is 9.92. The lowest BCUT2D eigenvalue weighted by molar-refractivity contribution is -0.384. The monoisotopic (exact) mass is 289 g/mol. The quantitative estimate of drug-likeness (QED) is 0.365. The fourth-order valence-corrected chi connectivity index (χ4v) is 2.01. The van der Waals surface area contributed by atoms with Gasteiger partial charge in [0.2, 0.25) is 5.85 Å². The second kappa shape index (κ2) is 5.92. The van der Waals surface area contributed by atoms with E-state index in [1.165, 1.54) is 6.92 Å². The van der Waals surface area contributed by atoms with Crippen LogP contribution in [0.4, 0.5) is 5.69 Å². The number of esters is 1. The van der Waals surface area contributed by atoms with Crippen molar-refractivity contribution in [1.82, 2.24) is 0 Å². The number of carbonyl (C=O) groups excluding carboxylic acids is 1. The summed E-state index contributed by atoms with van der Waals surface area (Å²) < 4.78 is 15.7. The maximum Gasteiger partial charge on any atom is 0.365 e. The molecule has 9 heteroatoms. The maximum absolute atomic E-state index is 11.6. The third kappa shape index (κ3) is 4.13. The highest BCUT2D eigenvalue weighted by Gasteiger charge is 2.31. The van der Waals surface area contributed by atoms with Gasteiger partial charge in [0.15, 0.2) is 0 Å². The molecule has 0 aliphatic rings. The second-order valence-corrected chi connectivity index (χ2v) is 5.42. The van der Waals surface area contributed by atoms with Gasteiger partial charge < -0.3 is 14.5 Å². The molecule has 1 aromatic carbocycles. The summed E-state index contributed by atoms with van der Waals surface area (Å²) in [7, 11) is -4.53. The Hall–Kier alpha value is -1.76. The number of benzene rings is 1. The molecule has 2 N–H and O–H groups in total. The molecule has 0 bridgehead atoms. The molecule has 19 heavy (non-hydrogen) atoms. The van der Waals surface area contributed by atoms with Crippen molar-refractivity contribution in [3.8, 4) is 0 Å². The van der Waals surface area contributed by atoms with E-state index < -0.39 is 24.3 Å². The second-order valence-electron chi connectivity index (χ2n) is 3.66.